The van der Waals surface area contributed by atoms with Crippen molar-refractivity contribution in [1.29, 1.82) is 0 Å². The van der Waals surface area contributed by atoms with Gasteiger partial charge < -0.3 is 25.8 Å². The van der Waals surface area contributed by atoms with Gasteiger partial charge >= 0.3 is 0 Å². The molecule has 0 aromatic heterocycles. The predicted molar refractivity (Wildman–Crippen MR) is 142 cm³/mol. The molecule has 2 atom stereocenters. The number of halogens is 3. The molecule has 34 heavy (non-hydrogen) atoms. The minimum Gasteiger partial charge on any atom is -0.507 e. The Hall–Kier alpha value is -1.52. The monoisotopic (exact) mass is 601 g/mol. The van der Waals surface area contributed by atoms with E-state index in [4.69, 9.17) is 10.5 Å². The summed E-state index contributed by atoms with van der Waals surface area (Å²) in [7, 11) is 0. The van der Waals surface area contributed by atoms with Crippen LogP contribution in [0.3, 0.4) is 0 Å². The number of hydrogen-bond donors (Lipinski definition) is 3. The van der Waals surface area contributed by atoms with Crippen LogP contribution in [-0.2, 0) is 11.2 Å². The number of carbonyl (C=O) groups is 1. The third-order valence-electron chi connectivity index (χ3n) is 6.80. The largest absolute Gasteiger partial charge is 0.507 e. The van der Waals surface area contributed by atoms with E-state index in [-0.39, 0.29) is 57.9 Å². The lowest BCUT2D eigenvalue weighted by Crippen LogP contribution is -2.44. The number of hydrogen-bond acceptors (Lipinski definition) is 5. The summed E-state index contributed by atoms with van der Waals surface area (Å²) < 4.78 is 19.4. The zero-order valence-electron chi connectivity index (χ0n) is 19.3. The van der Waals surface area contributed by atoms with Gasteiger partial charge in [0.15, 0.2) is 0 Å². The van der Waals surface area contributed by atoms with Crippen molar-refractivity contribution in [2.24, 2.45) is 11.7 Å². The molecular weight excluding hydrogens is 569 g/mol. The summed E-state index contributed by atoms with van der Waals surface area (Å²) in [6, 6.07) is 9.52. The Labute approximate surface area is 221 Å². The van der Waals surface area contributed by atoms with Gasteiger partial charge in [-0.2, -0.15) is 0 Å². The van der Waals surface area contributed by atoms with Crippen molar-refractivity contribution in [3.8, 4) is 5.75 Å². The molecule has 1 fully saturated rings. The Balaban J connectivity index is 0.00000204. The van der Waals surface area contributed by atoms with E-state index in [0.29, 0.717) is 30.3 Å². The van der Waals surface area contributed by atoms with Crippen molar-refractivity contribution in [3.05, 3.63) is 64.5 Å². The highest BCUT2D eigenvalue weighted by molar-refractivity contribution is 8.93. The maximum Gasteiger partial charge on any atom is 0.251 e. The van der Waals surface area contributed by atoms with E-state index in [1.54, 1.807) is 0 Å². The second-order valence-corrected chi connectivity index (χ2v) is 8.84. The lowest BCUT2D eigenvalue weighted by Gasteiger charge is -2.40. The van der Waals surface area contributed by atoms with E-state index in [1.807, 2.05) is 19.1 Å². The summed E-state index contributed by atoms with van der Waals surface area (Å²) in [5, 5.41) is 13.5. The van der Waals surface area contributed by atoms with Crippen LogP contribution in [0.4, 0.5) is 4.39 Å². The number of piperidine rings is 1. The first-order chi connectivity index (χ1) is 15.5. The molecule has 0 radical (unpaired) electrons. The first-order valence-corrected chi connectivity index (χ1v) is 11.4. The lowest BCUT2D eigenvalue weighted by atomic mass is 9.83. The number of aromatic hydroxyl groups is 1. The molecule has 4 N–H and O–H groups in total. The molecule has 2 unspecified atom stereocenters. The average Bonchev–Trinajstić information content (AvgIpc) is 2.81. The fourth-order valence-electron chi connectivity index (χ4n) is 4.86. The van der Waals surface area contributed by atoms with Crippen molar-refractivity contribution in [2.75, 3.05) is 32.7 Å². The lowest BCUT2D eigenvalue weighted by molar-refractivity contribution is -0.0645. The second kappa shape index (κ2) is 13.0. The highest BCUT2D eigenvalue weighted by Crippen LogP contribution is 2.40. The summed E-state index contributed by atoms with van der Waals surface area (Å²) in [4.78, 5) is 14.5. The van der Waals surface area contributed by atoms with Crippen LogP contribution in [0.2, 0.25) is 0 Å². The maximum absolute atomic E-state index is 13.0. The normalized spacial score (nSPS) is 20.6. The second-order valence-electron chi connectivity index (χ2n) is 8.84. The predicted octanol–water partition coefficient (Wildman–Crippen LogP) is 4.08. The van der Waals surface area contributed by atoms with Crippen LogP contribution in [0, 0.1) is 18.7 Å². The highest BCUT2D eigenvalue weighted by Gasteiger charge is 2.35. The summed E-state index contributed by atoms with van der Waals surface area (Å²) in [6.45, 7) is 5.53. The summed E-state index contributed by atoms with van der Waals surface area (Å²) in [6.07, 6.45) is 2.63. The molecule has 1 amide bonds. The number of aryl methyl sites for hydroxylation is 1. The highest BCUT2D eigenvalue weighted by atomic mass is 79.9. The Kier molecular flexibility index (Phi) is 11.0. The minimum absolute atomic E-state index is 0. The number of nitrogens with one attached hydrogen (secondary N) is 1. The molecule has 6 nitrogen and oxygen atoms in total. The van der Waals surface area contributed by atoms with E-state index in [9.17, 15) is 14.3 Å². The van der Waals surface area contributed by atoms with Gasteiger partial charge in [0.1, 0.15) is 11.6 Å². The third kappa shape index (κ3) is 6.57. The van der Waals surface area contributed by atoms with E-state index in [1.165, 1.54) is 24.3 Å². The molecule has 0 aliphatic carbocycles. The maximum atomic E-state index is 13.0. The quantitative estimate of drug-likeness (QED) is 0.464. The first kappa shape index (κ1) is 28.7. The van der Waals surface area contributed by atoms with Gasteiger partial charge in [0.05, 0.1) is 12.2 Å². The number of phenolic OH excluding ortho intramolecular Hbond substituents is 1. The first-order valence-electron chi connectivity index (χ1n) is 11.4. The summed E-state index contributed by atoms with van der Waals surface area (Å²) >= 11 is 0. The van der Waals surface area contributed by atoms with Crippen molar-refractivity contribution >= 4 is 39.9 Å². The molecule has 9 heteroatoms. The fourth-order valence-corrected chi connectivity index (χ4v) is 4.86. The van der Waals surface area contributed by atoms with Gasteiger partial charge in [0.2, 0.25) is 0 Å². The van der Waals surface area contributed by atoms with Gasteiger partial charge in [-0.3, -0.25) is 4.79 Å². The third-order valence-corrected chi connectivity index (χ3v) is 6.80. The number of nitrogens with two attached hydrogens (primary N) is 1. The van der Waals surface area contributed by atoms with Crippen LogP contribution in [0.1, 0.15) is 46.0 Å². The van der Waals surface area contributed by atoms with E-state index in [2.05, 4.69) is 10.2 Å². The molecule has 1 saturated heterocycles. The van der Waals surface area contributed by atoms with Crippen LogP contribution in [-0.4, -0.2) is 54.7 Å². The minimum atomic E-state index is -0.349. The molecule has 2 aromatic carbocycles. The molecule has 2 heterocycles. The van der Waals surface area contributed by atoms with E-state index >= 15 is 0 Å². The number of rotatable bonds is 6. The standard InChI is InChI=1S/C25H32FN3O3.2BrH/c1-16-2-7-20-21(24(16)30)14-22(32-23(20)15-27)17-8-11-29(12-9-17)13-10-28-25(31)18-3-5-19(26)6-4-18;;/h2-7,17,22-23,30H,8-15,27H2,1H3,(H,28,31);2*1H. The van der Waals surface area contributed by atoms with Crippen molar-refractivity contribution < 1.29 is 19.0 Å². The molecule has 188 valence electrons. The Bertz CT molecular complexity index is 953. The van der Waals surface area contributed by atoms with Gasteiger partial charge in [-0.05, 0) is 74.2 Å². The summed E-state index contributed by atoms with van der Waals surface area (Å²) in [5.41, 5.74) is 9.34. The average molecular weight is 603 g/mol. The molecule has 0 bridgehead atoms. The van der Waals surface area contributed by atoms with Crippen LogP contribution in [0.5, 0.6) is 5.75 Å². The van der Waals surface area contributed by atoms with Crippen LogP contribution >= 0.6 is 34.0 Å². The van der Waals surface area contributed by atoms with E-state index in [0.717, 1.165) is 55.6 Å². The van der Waals surface area contributed by atoms with Crippen LogP contribution in [0.15, 0.2) is 36.4 Å². The smallest absolute Gasteiger partial charge is 0.251 e. The number of fused-ring (bicyclic) bond motifs is 1. The van der Waals surface area contributed by atoms with Gasteiger partial charge in [-0.15, -0.1) is 34.0 Å². The molecule has 2 aliphatic rings. The number of amides is 1. The molecule has 0 spiro atoms. The Morgan fingerprint density at radius 1 is 1.18 bits per heavy atom. The van der Waals surface area contributed by atoms with Crippen LogP contribution < -0.4 is 11.1 Å². The number of benzene rings is 2. The topological polar surface area (TPSA) is 87.8 Å². The Morgan fingerprint density at radius 2 is 1.85 bits per heavy atom. The van der Waals surface area contributed by atoms with Gasteiger partial charge in [0, 0.05) is 37.2 Å². The van der Waals surface area contributed by atoms with Gasteiger partial charge in [0.25, 0.3) is 5.91 Å². The molecule has 2 aromatic rings. The number of carbonyl (C=O) groups excluding carboxylic acids is 1. The van der Waals surface area contributed by atoms with Gasteiger partial charge in [-0.25, -0.2) is 4.39 Å². The molecular formula is C25H34Br2FN3O3. The van der Waals surface area contributed by atoms with Gasteiger partial charge in [-0.1, -0.05) is 12.1 Å². The van der Waals surface area contributed by atoms with E-state index < -0.39 is 0 Å². The van der Waals surface area contributed by atoms with Crippen molar-refractivity contribution in [3.63, 3.8) is 0 Å². The number of likely N-dealkylation sites (tertiary alicyclic amines) is 1. The SMILES string of the molecule is Br.Br.Cc1ccc2c(c1O)CC(C1CCN(CCNC(=O)c3ccc(F)cc3)CC1)OC2CN. The van der Waals surface area contributed by atoms with Crippen LogP contribution in [0.25, 0.3) is 0 Å². The summed E-state index contributed by atoms with van der Waals surface area (Å²) in [5.74, 6) is 0.265. The number of nitrogens with zero attached hydrogens (tertiary/aromatic N) is 1. The zero-order chi connectivity index (χ0) is 22.7. The molecule has 2 aliphatic heterocycles. The fraction of sp³-hybridized carbons (Fsp3) is 0.480. The molecule has 0 saturated carbocycles. The Morgan fingerprint density at radius 3 is 2.50 bits per heavy atom. The zero-order valence-corrected chi connectivity index (χ0v) is 22.8. The number of phenols is 1. The number of ether oxygens (including phenoxy) is 1. The van der Waals surface area contributed by atoms with Crippen molar-refractivity contribution in [2.45, 2.75) is 38.4 Å². The van der Waals surface area contributed by atoms with Crippen molar-refractivity contribution in [1.82, 2.24) is 10.2 Å². The molecule has 4 rings (SSSR count).